The van der Waals surface area contributed by atoms with Crippen LogP contribution in [-0.4, -0.2) is 60.1 Å². The number of hydrogen-bond acceptors (Lipinski definition) is 10. The van der Waals surface area contributed by atoms with Crippen molar-refractivity contribution in [3.8, 4) is 0 Å². The number of fused-ring (bicyclic) bond motifs is 8. The van der Waals surface area contributed by atoms with E-state index in [1.165, 1.54) is 12.1 Å². The predicted octanol–water partition coefficient (Wildman–Crippen LogP) is 8.16. The Morgan fingerprint density at radius 1 is 0.500 bits per heavy atom. The summed E-state index contributed by atoms with van der Waals surface area (Å²) in [5.41, 5.74) is 5.07. The van der Waals surface area contributed by atoms with Crippen LogP contribution in [0.2, 0.25) is 0 Å². The fourth-order valence-corrected chi connectivity index (χ4v) is 6.56. The second-order valence-corrected chi connectivity index (χ2v) is 12.3. The highest BCUT2D eigenvalue weighted by Gasteiger charge is 2.16. The number of hydrogen-bond donors (Lipinski definition) is 4. The van der Waals surface area contributed by atoms with Crippen molar-refractivity contribution in [2.75, 3.05) is 50.9 Å². The first kappa shape index (κ1) is 34.0. The second-order valence-electron chi connectivity index (χ2n) is 12.3. The number of rotatable bonds is 10. The first-order valence-corrected chi connectivity index (χ1v) is 16.9. The van der Waals surface area contributed by atoms with Crippen LogP contribution in [-0.2, 0) is 0 Å². The van der Waals surface area contributed by atoms with Gasteiger partial charge in [0.25, 0.3) is 11.4 Å². The Morgan fingerprint density at radius 3 is 1.54 bits per heavy atom. The number of nitro groups is 2. The van der Waals surface area contributed by atoms with Crippen LogP contribution in [0.4, 0.5) is 22.7 Å². The van der Waals surface area contributed by atoms with Crippen LogP contribution in [0.3, 0.4) is 0 Å². The van der Waals surface area contributed by atoms with Gasteiger partial charge in [-0.25, -0.2) is 9.97 Å². The summed E-state index contributed by atoms with van der Waals surface area (Å²) in [6, 6.07) is 34.1. The van der Waals surface area contributed by atoms with Crippen LogP contribution >= 0.6 is 0 Å². The number of pyridine rings is 2. The van der Waals surface area contributed by atoms with Crippen molar-refractivity contribution in [1.29, 1.82) is 0 Å². The van der Waals surface area contributed by atoms with E-state index in [1.54, 1.807) is 24.3 Å². The Bertz CT molecular complexity index is 2650. The molecule has 0 bridgehead atoms. The number of nitrogens with zero attached hydrogens (tertiary/aromatic N) is 4. The zero-order valence-corrected chi connectivity index (χ0v) is 28.6. The molecule has 8 aromatic rings. The first-order chi connectivity index (χ1) is 25.4. The Labute approximate surface area is 298 Å². The number of nitrogens with one attached hydrogen (secondary N) is 4. The molecule has 6 aromatic carbocycles. The van der Waals surface area contributed by atoms with Crippen LogP contribution in [0.1, 0.15) is 0 Å². The van der Waals surface area contributed by atoms with Gasteiger partial charge in [-0.1, -0.05) is 72.8 Å². The summed E-state index contributed by atoms with van der Waals surface area (Å²) in [6.07, 6.45) is 0. The van der Waals surface area contributed by atoms with E-state index in [9.17, 15) is 20.2 Å². The Hall–Kier alpha value is -6.50. The minimum atomic E-state index is -0.386. The quantitative estimate of drug-likeness (QED) is 0.0362. The van der Waals surface area contributed by atoms with Crippen molar-refractivity contribution < 1.29 is 9.85 Å². The van der Waals surface area contributed by atoms with Gasteiger partial charge < -0.3 is 21.3 Å². The molecule has 260 valence electrons. The Kier molecular flexibility index (Phi) is 9.65. The molecular weight excluding hydrogens is 656 g/mol. The summed E-state index contributed by atoms with van der Waals surface area (Å²) in [5, 5.41) is 43.5. The molecule has 12 heteroatoms. The molecule has 0 aliphatic carbocycles. The minimum Gasteiger partial charge on any atom is -0.383 e. The lowest BCUT2D eigenvalue weighted by atomic mass is 10.0. The van der Waals surface area contributed by atoms with Crippen LogP contribution in [0, 0.1) is 20.2 Å². The van der Waals surface area contributed by atoms with E-state index < -0.39 is 0 Å². The topological polar surface area (TPSA) is 160 Å². The molecule has 8 rings (SSSR count). The van der Waals surface area contributed by atoms with Gasteiger partial charge in [0.2, 0.25) is 0 Å². The average molecular weight is 693 g/mol. The minimum absolute atomic E-state index is 0.0470. The van der Waals surface area contributed by atoms with Gasteiger partial charge in [-0.3, -0.25) is 20.2 Å². The van der Waals surface area contributed by atoms with Gasteiger partial charge in [0, 0.05) is 82.8 Å². The van der Waals surface area contributed by atoms with Gasteiger partial charge in [-0.05, 0) is 37.0 Å². The summed E-state index contributed by atoms with van der Waals surface area (Å²) >= 11 is 0. The van der Waals surface area contributed by atoms with Crippen LogP contribution in [0.25, 0.3) is 65.2 Å². The summed E-state index contributed by atoms with van der Waals surface area (Å²) in [6.45, 7) is 3.05. The van der Waals surface area contributed by atoms with Crippen molar-refractivity contribution in [1.82, 2.24) is 20.6 Å². The monoisotopic (exact) mass is 692 g/mol. The molecule has 0 saturated carbocycles. The number of non-ortho nitro benzene ring substituents is 2. The Balaban J connectivity index is 0.000000162. The van der Waals surface area contributed by atoms with E-state index >= 15 is 0 Å². The molecule has 52 heavy (non-hydrogen) atoms. The van der Waals surface area contributed by atoms with Crippen LogP contribution in [0.5, 0.6) is 0 Å². The van der Waals surface area contributed by atoms with E-state index in [2.05, 4.69) is 51.6 Å². The lowest BCUT2D eigenvalue weighted by Gasteiger charge is -2.14. The van der Waals surface area contributed by atoms with Gasteiger partial charge in [-0.15, -0.1) is 0 Å². The zero-order valence-electron chi connectivity index (χ0n) is 28.6. The van der Waals surface area contributed by atoms with E-state index in [0.717, 1.165) is 90.6 Å². The summed E-state index contributed by atoms with van der Waals surface area (Å²) in [7, 11) is 3.80. The molecule has 2 heterocycles. The van der Waals surface area contributed by atoms with Crippen molar-refractivity contribution in [2.24, 2.45) is 0 Å². The smallest absolute Gasteiger partial charge is 0.271 e. The van der Waals surface area contributed by atoms with E-state index in [-0.39, 0.29) is 21.2 Å². The number of likely N-dealkylation sites (N-methyl/N-ethyl adjacent to an activating group) is 2. The standard InChI is InChI=1S/2C20H18N4O2/c1-21-10-11-22-19-16-9-7-14(24(25)26)12-18(16)23-20-15-5-3-2-4-13(15)6-8-17(19)20;1-21-10-11-22-19-16-8-6-13-4-2-3-5-15(13)20(16)23-18-9-7-14(24(25)26)12-17(18)19/h2*2-9,12,21H,10-11H2,1H3,(H,22,23). The lowest BCUT2D eigenvalue weighted by Crippen LogP contribution is -2.18. The fourth-order valence-electron chi connectivity index (χ4n) is 6.56. The van der Waals surface area contributed by atoms with Crippen molar-refractivity contribution in [3.63, 3.8) is 0 Å². The number of anilines is 2. The highest BCUT2D eigenvalue weighted by atomic mass is 16.6. The van der Waals surface area contributed by atoms with Gasteiger partial charge in [0.1, 0.15) is 0 Å². The maximum atomic E-state index is 11.2. The predicted molar refractivity (Wildman–Crippen MR) is 212 cm³/mol. The molecule has 4 N–H and O–H groups in total. The first-order valence-electron chi connectivity index (χ1n) is 16.9. The van der Waals surface area contributed by atoms with Gasteiger partial charge in [0.05, 0.1) is 43.3 Å². The molecule has 0 atom stereocenters. The lowest BCUT2D eigenvalue weighted by molar-refractivity contribution is -0.384. The van der Waals surface area contributed by atoms with E-state index in [0.29, 0.717) is 12.1 Å². The maximum absolute atomic E-state index is 11.2. The molecule has 2 aromatic heterocycles. The molecule has 0 radical (unpaired) electrons. The SMILES string of the molecule is CNCCNc1c2cc([N+](=O)[O-])ccc2nc2c1ccc1ccccc12.CNCCNc1c2ccc([N+](=O)[O-])cc2nc2c1ccc1ccccc12. The number of aromatic nitrogens is 2. The maximum Gasteiger partial charge on any atom is 0.271 e. The molecule has 0 saturated heterocycles. The van der Waals surface area contributed by atoms with E-state index in [1.807, 2.05) is 56.6 Å². The fraction of sp³-hybridized carbons (Fsp3) is 0.150. The van der Waals surface area contributed by atoms with Crippen molar-refractivity contribution in [2.45, 2.75) is 0 Å². The molecule has 0 aliphatic rings. The highest BCUT2D eigenvalue weighted by molar-refractivity contribution is 6.17. The van der Waals surface area contributed by atoms with Crippen LogP contribution < -0.4 is 21.3 Å². The molecule has 0 unspecified atom stereocenters. The molecular formula is C40H36N8O4. The largest absolute Gasteiger partial charge is 0.383 e. The number of benzene rings is 6. The Morgan fingerprint density at radius 2 is 0.981 bits per heavy atom. The number of nitro benzene ring substituents is 2. The van der Waals surface area contributed by atoms with Gasteiger partial charge >= 0.3 is 0 Å². The summed E-state index contributed by atoms with van der Waals surface area (Å²) in [5.74, 6) is 0. The molecule has 12 nitrogen and oxygen atoms in total. The third kappa shape index (κ3) is 6.55. The van der Waals surface area contributed by atoms with Crippen molar-refractivity contribution >= 4 is 87.9 Å². The summed E-state index contributed by atoms with van der Waals surface area (Å²) < 4.78 is 0. The third-order valence-electron chi connectivity index (χ3n) is 9.08. The molecule has 0 fully saturated rings. The zero-order chi connectivity index (χ0) is 36.2. The second kappa shape index (κ2) is 14.8. The molecule has 0 spiro atoms. The van der Waals surface area contributed by atoms with Crippen LogP contribution in [0.15, 0.2) is 109 Å². The highest BCUT2D eigenvalue weighted by Crippen LogP contribution is 2.37. The normalized spacial score (nSPS) is 11.3. The third-order valence-corrected chi connectivity index (χ3v) is 9.08. The molecule has 0 amide bonds. The average Bonchev–Trinajstić information content (AvgIpc) is 3.17. The summed E-state index contributed by atoms with van der Waals surface area (Å²) in [4.78, 5) is 31.2. The van der Waals surface area contributed by atoms with Gasteiger partial charge in [-0.2, -0.15) is 0 Å². The van der Waals surface area contributed by atoms with E-state index in [4.69, 9.17) is 9.97 Å². The molecule has 0 aliphatic heterocycles. The van der Waals surface area contributed by atoms with Crippen molar-refractivity contribution in [3.05, 3.63) is 129 Å². The van der Waals surface area contributed by atoms with Gasteiger partial charge in [0.15, 0.2) is 0 Å².